The molecule has 0 saturated heterocycles. The lowest BCUT2D eigenvalue weighted by molar-refractivity contribution is 0.971. The summed E-state index contributed by atoms with van der Waals surface area (Å²) in [6, 6.07) is 7.85. The van der Waals surface area contributed by atoms with Gasteiger partial charge < -0.3 is 0 Å². The third-order valence-electron chi connectivity index (χ3n) is 3.23. The Bertz CT molecular complexity index is 960. The largest absolute Gasteiger partial charge is 0.280 e. The average Bonchev–Trinajstić information content (AvgIpc) is 3.09. The molecule has 0 aliphatic rings. The second kappa shape index (κ2) is 4.94. The molecule has 0 radical (unpaired) electrons. The van der Waals surface area contributed by atoms with Gasteiger partial charge in [0.25, 0.3) is 0 Å². The zero-order valence-corrected chi connectivity index (χ0v) is 13.0. The third-order valence-corrected chi connectivity index (χ3v) is 4.46. The first-order valence-corrected chi connectivity index (χ1v) is 7.98. The lowest BCUT2D eigenvalue weighted by atomic mass is 10.3. The Morgan fingerprint density at radius 2 is 2.05 bits per heavy atom. The number of alkyl halides is 1. The van der Waals surface area contributed by atoms with Crippen molar-refractivity contribution in [3.8, 4) is 5.69 Å². The van der Waals surface area contributed by atoms with Crippen LogP contribution in [0.15, 0.2) is 36.0 Å². The first-order valence-electron chi connectivity index (χ1n) is 6.19. The van der Waals surface area contributed by atoms with Crippen LogP contribution < -0.4 is 0 Å². The SMILES string of the molecule is ClCc1nc2cc(Cl)cnc2n1-c1ccc2ncsc2c1. The standard InChI is InChI=1S/C14H8Cl2N4S/c15-5-13-19-11-3-8(16)6-17-14(11)20(13)9-1-2-10-12(4-9)21-7-18-10/h1-4,6-7H,5H2. The van der Waals surface area contributed by atoms with E-state index in [0.717, 1.165) is 32.9 Å². The molecule has 3 aromatic heterocycles. The van der Waals surface area contributed by atoms with Gasteiger partial charge in [-0.2, -0.15) is 0 Å². The molecule has 4 aromatic rings. The third kappa shape index (κ3) is 2.09. The van der Waals surface area contributed by atoms with E-state index in [0.29, 0.717) is 10.9 Å². The maximum Gasteiger partial charge on any atom is 0.164 e. The smallest absolute Gasteiger partial charge is 0.164 e. The number of nitrogens with zero attached hydrogens (tertiary/aromatic N) is 4. The monoisotopic (exact) mass is 334 g/mol. The van der Waals surface area contributed by atoms with Gasteiger partial charge in [-0.05, 0) is 24.3 Å². The lowest BCUT2D eigenvalue weighted by Gasteiger charge is -2.07. The van der Waals surface area contributed by atoms with E-state index in [1.807, 2.05) is 22.2 Å². The van der Waals surface area contributed by atoms with Gasteiger partial charge in [0.2, 0.25) is 0 Å². The number of hydrogen-bond acceptors (Lipinski definition) is 4. The molecular weight excluding hydrogens is 327 g/mol. The van der Waals surface area contributed by atoms with Crippen molar-refractivity contribution in [3.63, 3.8) is 0 Å². The van der Waals surface area contributed by atoms with Crippen molar-refractivity contribution in [2.24, 2.45) is 0 Å². The van der Waals surface area contributed by atoms with Gasteiger partial charge in [0.1, 0.15) is 11.3 Å². The number of rotatable bonds is 2. The van der Waals surface area contributed by atoms with Crippen LogP contribution in [0.3, 0.4) is 0 Å². The number of benzene rings is 1. The number of thiazole rings is 1. The molecule has 0 amide bonds. The molecule has 0 N–H and O–H groups in total. The quantitative estimate of drug-likeness (QED) is 0.509. The molecule has 0 fully saturated rings. The molecule has 3 heterocycles. The second-order valence-corrected chi connectivity index (χ2v) is 6.09. The summed E-state index contributed by atoms with van der Waals surface area (Å²) >= 11 is 13.6. The maximum absolute atomic E-state index is 6.04. The normalized spacial score (nSPS) is 11.5. The van der Waals surface area contributed by atoms with E-state index < -0.39 is 0 Å². The zero-order valence-electron chi connectivity index (χ0n) is 10.6. The average molecular weight is 335 g/mol. The van der Waals surface area contributed by atoms with Crippen molar-refractivity contribution in [3.05, 3.63) is 46.8 Å². The number of fused-ring (bicyclic) bond motifs is 2. The van der Waals surface area contributed by atoms with Gasteiger partial charge >= 0.3 is 0 Å². The van der Waals surface area contributed by atoms with E-state index >= 15 is 0 Å². The van der Waals surface area contributed by atoms with E-state index in [4.69, 9.17) is 23.2 Å². The minimum atomic E-state index is 0.300. The Morgan fingerprint density at radius 1 is 1.14 bits per heavy atom. The fourth-order valence-corrected chi connectivity index (χ4v) is 3.37. The van der Waals surface area contributed by atoms with Crippen LogP contribution in [-0.2, 0) is 5.88 Å². The molecule has 7 heteroatoms. The summed E-state index contributed by atoms with van der Waals surface area (Å²) < 4.78 is 3.07. The number of hydrogen-bond donors (Lipinski definition) is 0. The highest BCUT2D eigenvalue weighted by atomic mass is 35.5. The summed E-state index contributed by atoms with van der Waals surface area (Å²) in [4.78, 5) is 13.2. The summed E-state index contributed by atoms with van der Waals surface area (Å²) in [5.41, 5.74) is 5.28. The summed E-state index contributed by atoms with van der Waals surface area (Å²) in [6.07, 6.45) is 1.62. The van der Waals surface area contributed by atoms with Crippen LogP contribution in [0.4, 0.5) is 0 Å². The topological polar surface area (TPSA) is 43.6 Å². The second-order valence-electron chi connectivity index (χ2n) is 4.50. The molecule has 0 saturated carbocycles. The Hall–Kier alpha value is -1.69. The van der Waals surface area contributed by atoms with Gasteiger partial charge in [0.15, 0.2) is 5.65 Å². The molecule has 0 bridgehead atoms. The van der Waals surface area contributed by atoms with Crippen LogP contribution in [0.5, 0.6) is 0 Å². The van der Waals surface area contributed by atoms with Gasteiger partial charge in [-0.25, -0.2) is 15.0 Å². The minimum absolute atomic E-state index is 0.300. The van der Waals surface area contributed by atoms with E-state index in [2.05, 4.69) is 21.0 Å². The Morgan fingerprint density at radius 3 is 2.90 bits per heavy atom. The molecule has 0 atom stereocenters. The van der Waals surface area contributed by atoms with Gasteiger partial charge in [-0.1, -0.05) is 11.6 Å². The summed E-state index contributed by atoms with van der Waals surface area (Å²) in [6.45, 7) is 0. The molecule has 4 rings (SSSR count). The van der Waals surface area contributed by atoms with Crippen molar-refractivity contribution in [2.45, 2.75) is 5.88 Å². The Balaban J connectivity index is 2.03. The van der Waals surface area contributed by atoms with Gasteiger partial charge in [0.05, 0.1) is 32.3 Å². The molecule has 104 valence electrons. The highest BCUT2D eigenvalue weighted by Gasteiger charge is 2.14. The lowest BCUT2D eigenvalue weighted by Crippen LogP contribution is -2.00. The summed E-state index contributed by atoms with van der Waals surface area (Å²) in [7, 11) is 0. The molecule has 4 nitrogen and oxygen atoms in total. The first kappa shape index (κ1) is 13.0. The molecule has 0 unspecified atom stereocenters. The van der Waals surface area contributed by atoms with Crippen molar-refractivity contribution in [2.75, 3.05) is 0 Å². The number of pyridine rings is 1. The van der Waals surface area contributed by atoms with Crippen LogP contribution in [0, 0.1) is 0 Å². The maximum atomic E-state index is 6.04. The Kier molecular flexibility index (Phi) is 3.06. The van der Waals surface area contributed by atoms with Gasteiger partial charge in [-0.15, -0.1) is 22.9 Å². The fourth-order valence-electron chi connectivity index (χ4n) is 2.33. The molecular formula is C14H8Cl2N4S. The van der Waals surface area contributed by atoms with Crippen molar-refractivity contribution >= 4 is 55.9 Å². The van der Waals surface area contributed by atoms with Gasteiger partial charge in [0, 0.05) is 6.20 Å². The summed E-state index contributed by atoms with van der Waals surface area (Å²) in [5.74, 6) is 1.04. The molecule has 0 spiro atoms. The van der Waals surface area contributed by atoms with E-state index in [9.17, 15) is 0 Å². The summed E-state index contributed by atoms with van der Waals surface area (Å²) in [5, 5.41) is 0.561. The molecule has 0 aliphatic carbocycles. The molecule has 1 aromatic carbocycles. The predicted octanol–water partition coefficient (Wildman–Crippen LogP) is 4.42. The van der Waals surface area contributed by atoms with Crippen LogP contribution in [0.2, 0.25) is 5.02 Å². The molecule has 21 heavy (non-hydrogen) atoms. The van der Waals surface area contributed by atoms with E-state index in [-0.39, 0.29) is 0 Å². The Labute approximate surface area is 134 Å². The van der Waals surface area contributed by atoms with Crippen LogP contribution in [-0.4, -0.2) is 19.5 Å². The van der Waals surface area contributed by atoms with Crippen molar-refractivity contribution in [1.82, 2.24) is 19.5 Å². The van der Waals surface area contributed by atoms with Crippen LogP contribution >= 0.6 is 34.5 Å². The van der Waals surface area contributed by atoms with Crippen molar-refractivity contribution in [1.29, 1.82) is 0 Å². The predicted molar refractivity (Wildman–Crippen MR) is 86.6 cm³/mol. The zero-order chi connectivity index (χ0) is 14.4. The van der Waals surface area contributed by atoms with Crippen LogP contribution in [0.25, 0.3) is 27.1 Å². The van der Waals surface area contributed by atoms with E-state index in [1.54, 1.807) is 23.6 Å². The van der Waals surface area contributed by atoms with Gasteiger partial charge in [-0.3, -0.25) is 4.57 Å². The van der Waals surface area contributed by atoms with Crippen molar-refractivity contribution < 1.29 is 0 Å². The highest BCUT2D eigenvalue weighted by molar-refractivity contribution is 7.16. The molecule has 0 aliphatic heterocycles. The minimum Gasteiger partial charge on any atom is -0.280 e. The number of halogens is 2. The van der Waals surface area contributed by atoms with Crippen LogP contribution in [0.1, 0.15) is 5.82 Å². The number of imidazole rings is 1. The first-order chi connectivity index (χ1) is 10.3. The number of aromatic nitrogens is 4. The fraction of sp³-hybridized carbons (Fsp3) is 0.0714. The highest BCUT2D eigenvalue weighted by Crippen LogP contribution is 2.26. The van der Waals surface area contributed by atoms with E-state index in [1.165, 1.54) is 0 Å².